The minimum Gasteiger partial charge on any atom is -0.397 e. The monoisotopic (exact) mass is 346 g/mol. The van der Waals surface area contributed by atoms with Crippen LogP contribution in [0.4, 0.5) is 0 Å². The standard InChI is InChI=1S/2C5H10O5.C2H6O/c2*6-1-3(8)5(10)4(9)2-7;1-2-3/h2*1,3-5,7-10H,2H2;3H,2H2,1H3. The summed E-state index contributed by atoms with van der Waals surface area (Å²) in [4.78, 5) is 19.5. The minimum absolute atomic E-state index is 0.0869. The highest BCUT2D eigenvalue weighted by molar-refractivity contribution is 5.57. The molecular weight excluding hydrogens is 320 g/mol. The Bertz CT molecular complexity index is 250. The van der Waals surface area contributed by atoms with Crippen LogP contribution in [0.5, 0.6) is 0 Å². The predicted molar refractivity (Wildman–Crippen MR) is 75.1 cm³/mol. The van der Waals surface area contributed by atoms with E-state index >= 15 is 0 Å². The van der Waals surface area contributed by atoms with Gasteiger partial charge in [-0.1, -0.05) is 0 Å². The van der Waals surface area contributed by atoms with E-state index in [1.54, 1.807) is 6.92 Å². The van der Waals surface area contributed by atoms with E-state index in [4.69, 9.17) is 46.0 Å². The molecule has 140 valence electrons. The first-order valence-electron chi connectivity index (χ1n) is 6.49. The van der Waals surface area contributed by atoms with Crippen molar-refractivity contribution < 1.29 is 55.5 Å². The summed E-state index contributed by atoms with van der Waals surface area (Å²) in [6, 6.07) is 0. The molecule has 0 saturated heterocycles. The first-order valence-corrected chi connectivity index (χ1v) is 6.49. The molecule has 6 atom stereocenters. The average Bonchev–Trinajstić information content (AvgIpc) is 2.58. The summed E-state index contributed by atoms with van der Waals surface area (Å²) in [5, 5.41) is 75.7. The molecule has 0 aliphatic carbocycles. The van der Waals surface area contributed by atoms with Crippen molar-refractivity contribution in [2.45, 2.75) is 43.5 Å². The van der Waals surface area contributed by atoms with Gasteiger partial charge in [0.15, 0.2) is 12.6 Å². The molecule has 0 bridgehead atoms. The number of carbonyl (C=O) groups is 2. The second-order valence-electron chi connectivity index (χ2n) is 4.05. The molecule has 11 nitrogen and oxygen atoms in total. The zero-order valence-corrected chi connectivity index (χ0v) is 12.6. The van der Waals surface area contributed by atoms with E-state index in [0.717, 1.165) is 0 Å². The fraction of sp³-hybridized carbons (Fsp3) is 0.833. The van der Waals surface area contributed by atoms with Crippen molar-refractivity contribution in [1.82, 2.24) is 0 Å². The lowest BCUT2D eigenvalue weighted by Crippen LogP contribution is -2.40. The third kappa shape index (κ3) is 14.3. The fourth-order valence-corrected chi connectivity index (χ4v) is 0.832. The molecule has 11 heteroatoms. The minimum atomic E-state index is -1.64. The Morgan fingerprint density at radius 3 is 1.04 bits per heavy atom. The number of rotatable bonds is 8. The van der Waals surface area contributed by atoms with Crippen molar-refractivity contribution in [3.8, 4) is 0 Å². The first kappa shape index (κ1) is 26.9. The Morgan fingerprint density at radius 2 is 0.913 bits per heavy atom. The molecular formula is C12H26O11. The lowest BCUT2D eigenvalue weighted by Gasteiger charge is -2.16. The van der Waals surface area contributed by atoms with Gasteiger partial charge in [-0.05, 0) is 6.92 Å². The summed E-state index contributed by atoms with van der Waals surface area (Å²) in [6.45, 7) is 0.554. The Labute approximate surface area is 132 Å². The Hall–Kier alpha value is -1.02. The highest BCUT2D eigenvalue weighted by Gasteiger charge is 2.23. The van der Waals surface area contributed by atoms with Crippen LogP contribution in [0, 0.1) is 0 Å². The Balaban J connectivity index is -0.000000297. The van der Waals surface area contributed by atoms with Crippen LogP contribution < -0.4 is 0 Å². The van der Waals surface area contributed by atoms with Gasteiger partial charge in [0.25, 0.3) is 0 Å². The van der Waals surface area contributed by atoms with E-state index in [9.17, 15) is 9.59 Å². The summed E-state index contributed by atoms with van der Waals surface area (Å²) in [6.07, 6.45) is -9.26. The van der Waals surface area contributed by atoms with Gasteiger partial charge in [-0.2, -0.15) is 0 Å². The zero-order valence-electron chi connectivity index (χ0n) is 12.6. The van der Waals surface area contributed by atoms with Crippen molar-refractivity contribution in [2.75, 3.05) is 19.8 Å². The highest BCUT2D eigenvalue weighted by atomic mass is 16.4. The van der Waals surface area contributed by atoms with E-state index in [1.807, 2.05) is 0 Å². The Kier molecular flexibility index (Phi) is 20.2. The fourth-order valence-electron chi connectivity index (χ4n) is 0.832. The van der Waals surface area contributed by atoms with E-state index in [2.05, 4.69) is 0 Å². The largest absolute Gasteiger partial charge is 0.397 e. The molecule has 0 spiro atoms. The molecule has 0 aliphatic rings. The lowest BCUT2D eigenvalue weighted by atomic mass is 10.1. The van der Waals surface area contributed by atoms with E-state index < -0.39 is 49.8 Å². The van der Waals surface area contributed by atoms with Crippen molar-refractivity contribution in [3.63, 3.8) is 0 Å². The molecule has 0 saturated carbocycles. The highest BCUT2D eigenvalue weighted by Crippen LogP contribution is 1.97. The summed E-state index contributed by atoms with van der Waals surface area (Å²) in [5.74, 6) is 0. The smallest absolute Gasteiger partial charge is 0.151 e. The average molecular weight is 346 g/mol. The van der Waals surface area contributed by atoms with Crippen molar-refractivity contribution in [2.24, 2.45) is 0 Å². The molecule has 0 aliphatic heterocycles. The van der Waals surface area contributed by atoms with Crippen LogP contribution in [0.3, 0.4) is 0 Å². The topological polar surface area (TPSA) is 216 Å². The van der Waals surface area contributed by atoms with Gasteiger partial charge in [-0.25, -0.2) is 0 Å². The second-order valence-corrected chi connectivity index (χ2v) is 4.05. The van der Waals surface area contributed by atoms with Gasteiger partial charge < -0.3 is 55.5 Å². The number of aliphatic hydroxyl groups excluding tert-OH is 9. The van der Waals surface area contributed by atoms with E-state index in [0.29, 0.717) is 0 Å². The van der Waals surface area contributed by atoms with Gasteiger partial charge in [-0.3, -0.25) is 0 Å². The maximum atomic E-state index is 9.76. The second kappa shape index (κ2) is 17.3. The van der Waals surface area contributed by atoms with Gasteiger partial charge in [0.05, 0.1) is 13.2 Å². The summed E-state index contributed by atoms with van der Waals surface area (Å²) in [5.41, 5.74) is 0. The first-order chi connectivity index (χ1) is 10.7. The third-order valence-electron chi connectivity index (χ3n) is 2.14. The normalized spacial score (nSPS) is 17.8. The number of hydrogen-bond donors (Lipinski definition) is 9. The molecule has 0 rings (SSSR count). The van der Waals surface area contributed by atoms with Crippen LogP contribution >= 0.6 is 0 Å². The van der Waals surface area contributed by atoms with Crippen LogP contribution in [0.25, 0.3) is 0 Å². The van der Waals surface area contributed by atoms with E-state index in [-0.39, 0.29) is 19.2 Å². The SMILES string of the molecule is CCO.O=CC(O)C(O)C(O)CO.O=CC(O)C(O)C(O)CO. The maximum absolute atomic E-state index is 9.76. The van der Waals surface area contributed by atoms with Gasteiger partial charge >= 0.3 is 0 Å². The number of aliphatic hydroxyl groups is 9. The quantitative estimate of drug-likeness (QED) is 0.189. The molecule has 0 amide bonds. The van der Waals surface area contributed by atoms with Crippen LogP contribution in [0.2, 0.25) is 0 Å². The summed E-state index contributed by atoms with van der Waals surface area (Å²) < 4.78 is 0. The Morgan fingerprint density at radius 1 is 0.696 bits per heavy atom. The van der Waals surface area contributed by atoms with Gasteiger partial charge in [-0.15, -0.1) is 0 Å². The number of hydrogen-bond acceptors (Lipinski definition) is 11. The molecule has 0 aromatic carbocycles. The van der Waals surface area contributed by atoms with E-state index in [1.165, 1.54) is 0 Å². The van der Waals surface area contributed by atoms with Crippen molar-refractivity contribution in [1.29, 1.82) is 0 Å². The molecule has 9 N–H and O–H groups in total. The van der Waals surface area contributed by atoms with Gasteiger partial charge in [0.1, 0.15) is 36.6 Å². The number of carbonyl (C=O) groups excluding carboxylic acids is 2. The van der Waals surface area contributed by atoms with Crippen molar-refractivity contribution in [3.05, 3.63) is 0 Å². The van der Waals surface area contributed by atoms with Crippen LogP contribution in [0.1, 0.15) is 6.92 Å². The molecule has 0 aromatic heterocycles. The third-order valence-corrected chi connectivity index (χ3v) is 2.14. The summed E-state index contributed by atoms with van der Waals surface area (Å²) >= 11 is 0. The molecule has 0 fully saturated rings. The molecule has 6 unspecified atom stereocenters. The maximum Gasteiger partial charge on any atom is 0.151 e. The summed E-state index contributed by atoms with van der Waals surface area (Å²) in [7, 11) is 0. The van der Waals surface area contributed by atoms with Crippen LogP contribution in [-0.4, -0.2) is 115 Å². The number of aldehydes is 2. The molecule has 23 heavy (non-hydrogen) atoms. The molecule has 0 aromatic rings. The van der Waals surface area contributed by atoms with Gasteiger partial charge in [0.2, 0.25) is 0 Å². The predicted octanol–water partition coefficient (Wildman–Crippen LogP) is -5.48. The zero-order chi connectivity index (χ0) is 19.0. The van der Waals surface area contributed by atoms with Crippen LogP contribution in [-0.2, 0) is 9.59 Å². The van der Waals surface area contributed by atoms with Crippen LogP contribution in [0.15, 0.2) is 0 Å². The lowest BCUT2D eigenvalue weighted by molar-refractivity contribution is -0.128. The van der Waals surface area contributed by atoms with Crippen molar-refractivity contribution >= 4 is 12.6 Å². The molecule has 0 radical (unpaired) electrons. The van der Waals surface area contributed by atoms with Gasteiger partial charge in [0, 0.05) is 6.61 Å². The molecule has 0 heterocycles.